The zero-order valence-electron chi connectivity index (χ0n) is 13.9. The van der Waals surface area contributed by atoms with E-state index >= 15 is 0 Å². The number of rotatable bonds is 7. The van der Waals surface area contributed by atoms with Crippen molar-refractivity contribution in [3.63, 3.8) is 0 Å². The summed E-state index contributed by atoms with van der Waals surface area (Å²) in [5, 5.41) is 26.2. The van der Waals surface area contributed by atoms with Gasteiger partial charge in [-0.25, -0.2) is 14.8 Å². The van der Waals surface area contributed by atoms with Gasteiger partial charge in [0, 0.05) is 24.6 Å². The summed E-state index contributed by atoms with van der Waals surface area (Å²) < 4.78 is 0. The van der Waals surface area contributed by atoms with Crippen molar-refractivity contribution in [2.24, 2.45) is 0 Å². The van der Waals surface area contributed by atoms with Crippen molar-refractivity contribution >= 4 is 29.0 Å². The lowest BCUT2D eigenvalue weighted by Crippen LogP contribution is -2.08. The van der Waals surface area contributed by atoms with Gasteiger partial charge in [-0.15, -0.1) is 0 Å². The Morgan fingerprint density at radius 3 is 2.52 bits per heavy atom. The number of carboxylic acid groups (broad SMARTS) is 1. The molecular formula is C17H14N6O4. The van der Waals surface area contributed by atoms with Crippen LogP contribution in [0, 0.1) is 10.1 Å². The summed E-state index contributed by atoms with van der Waals surface area (Å²) in [4.78, 5) is 33.7. The van der Waals surface area contributed by atoms with Crippen LogP contribution in [0.5, 0.6) is 0 Å². The van der Waals surface area contributed by atoms with E-state index in [1.54, 1.807) is 18.5 Å². The molecule has 0 radical (unpaired) electrons. The molecule has 0 amide bonds. The highest BCUT2D eigenvalue weighted by atomic mass is 16.6. The molecule has 0 fully saturated rings. The third-order valence-corrected chi connectivity index (χ3v) is 3.58. The van der Waals surface area contributed by atoms with Gasteiger partial charge in [0.15, 0.2) is 0 Å². The lowest BCUT2D eigenvalue weighted by atomic mass is 10.2. The summed E-state index contributed by atoms with van der Waals surface area (Å²) in [6.07, 6.45) is 4.48. The van der Waals surface area contributed by atoms with Crippen LogP contribution >= 0.6 is 0 Å². The first-order valence-corrected chi connectivity index (χ1v) is 7.77. The highest BCUT2D eigenvalue weighted by Crippen LogP contribution is 2.31. The van der Waals surface area contributed by atoms with E-state index in [4.69, 9.17) is 5.11 Å². The van der Waals surface area contributed by atoms with E-state index in [0.717, 1.165) is 5.56 Å². The Labute approximate surface area is 153 Å². The molecule has 10 heteroatoms. The second kappa shape index (κ2) is 7.87. The molecule has 3 rings (SSSR count). The average Bonchev–Trinajstić information content (AvgIpc) is 2.67. The molecular weight excluding hydrogens is 352 g/mol. The quantitative estimate of drug-likeness (QED) is 0.424. The van der Waals surface area contributed by atoms with Gasteiger partial charge in [-0.3, -0.25) is 15.1 Å². The van der Waals surface area contributed by atoms with Gasteiger partial charge in [0.05, 0.1) is 10.5 Å². The fraction of sp³-hybridized carbons (Fsp3) is 0.0588. The van der Waals surface area contributed by atoms with Crippen LogP contribution in [0.2, 0.25) is 0 Å². The van der Waals surface area contributed by atoms with Crippen molar-refractivity contribution in [1.29, 1.82) is 0 Å². The van der Waals surface area contributed by atoms with Crippen LogP contribution in [-0.2, 0) is 6.54 Å². The molecule has 0 aliphatic rings. The Bertz CT molecular complexity index is 963. The van der Waals surface area contributed by atoms with E-state index in [-0.39, 0.29) is 22.9 Å². The van der Waals surface area contributed by atoms with Gasteiger partial charge in [0.1, 0.15) is 6.33 Å². The Kier molecular flexibility index (Phi) is 5.17. The minimum absolute atomic E-state index is 0.00763. The summed E-state index contributed by atoms with van der Waals surface area (Å²) in [6, 6.07) is 9.37. The van der Waals surface area contributed by atoms with Gasteiger partial charge in [0.2, 0.25) is 11.6 Å². The minimum Gasteiger partial charge on any atom is -0.478 e. The number of hydrogen-bond acceptors (Lipinski definition) is 8. The van der Waals surface area contributed by atoms with Crippen LogP contribution in [0.1, 0.15) is 15.9 Å². The molecule has 0 atom stereocenters. The molecule has 0 spiro atoms. The summed E-state index contributed by atoms with van der Waals surface area (Å²) in [5.41, 5.74) is 1.09. The van der Waals surface area contributed by atoms with E-state index in [0.29, 0.717) is 12.2 Å². The van der Waals surface area contributed by atoms with Crippen molar-refractivity contribution in [2.45, 2.75) is 6.54 Å². The highest BCUT2D eigenvalue weighted by Gasteiger charge is 2.23. The van der Waals surface area contributed by atoms with Crippen LogP contribution in [0.25, 0.3) is 0 Å². The molecule has 0 aliphatic carbocycles. The molecule has 2 heterocycles. The minimum atomic E-state index is -1.06. The zero-order valence-corrected chi connectivity index (χ0v) is 13.9. The lowest BCUT2D eigenvalue weighted by Gasteiger charge is -2.10. The molecule has 2 aromatic heterocycles. The molecule has 0 aliphatic heterocycles. The Morgan fingerprint density at radius 1 is 1.15 bits per heavy atom. The van der Waals surface area contributed by atoms with Crippen molar-refractivity contribution < 1.29 is 14.8 Å². The third kappa shape index (κ3) is 4.31. The van der Waals surface area contributed by atoms with Crippen LogP contribution in [0.3, 0.4) is 0 Å². The van der Waals surface area contributed by atoms with E-state index in [1.807, 2.05) is 6.07 Å². The maximum absolute atomic E-state index is 11.5. The van der Waals surface area contributed by atoms with Gasteiger partial charge in [0.25, 0.3) is 0 Å². The Hall–Kier alpha value is -4.08. The monoisotopic (exact) mass is 366 g/mol. The molecule has 0 bridgehead atoms. The Morgan fingerprint density at radius 2 is 1.89 bits per heavy atom. The fourth-order valence-electron chi connectivity index (χ4n) is 2.29. The number of aromatic carboxylic acids is 1. The number of nitro groups is 1. The third-order valence-electron chi connectivity index (χ3n) is 3.58. The van der Waals surface area contributed by atoms with E-state index < -0.39 is 10.9 Å². The summed E-state index contributed by atoms with van der Waals surface area (Å²) in [7, 11) is 0. The smallest absolute Gasteiger partial charge is 0.353 e. The lowest BCUT2D eigenvalue weighted by molar-refractivity contribution is -0.383. The molecule has 10 nitrogen and oxygen atoms in total. The van der Waals surface area contributed by atoms with Crippen molar-refractivity contribution in [2.75, 3.05) is 10.6 Å². The van der Waals surface area contributed by atoms with Crippen molar-refractivity contribution in [1.82, 2.24) is 15.0 Å². The van der Waals surface area contributed by atoms with Gasteiger partial charge in [-0.05, 0) is 35.9 Å². The standard InChI is InChI=1S/C17H14N6O4/c24-17(25)12-3-5-13(6-4-12)22-16-14(23(26)27)15(20-10-21-16)19-9-11-2-1-7-18-8-11/h1-8,10H,9H2,(H,24,25)(H2,19,20,21,22). The number of hydrogen-bond donors (Lipinski definition) is 3. The van der Waals surface area contributed by atoms with E-state index in [1.165, 1.54) is 30.6 Å². The molecule has 0 saturated heterocycles. The molecule has 3 aromatic rings. The number of pyridine rings is 1. The van der Waals surface area contributed by atoms with Gasteiger partial charge < -0.3 is 15.7 Å². The second-order valence-electron chi connectivity index (χ2n) is 5.40. The van der Waals surface area contributed by atoms with Crippen LogP contribution in [0.4, 0.5) is 23.0 Å². The maximum atomic E-state index is 11.5. The zero-order chi connectivity index (χ0) is 19.2. The highest BCUT2D eigenvalue weighted by molar-refractivity contribution is 5.88. The molecule has 0 saturated carbocycles. The SMILES string of the molecule is O=C(O)c1ccc(Nc2ncnc(NCc3cccnc3)c2[N+](=O)[O-])cc1. The predicted molar refractivity (Wildman–Crippen MR) is 96.9 cm³/mol. The molecule has 0 unspecified atom stereocenters. The van der Waals surface area contributed by atoms with Crippen molar-refractivity contribution in [3.8, 4) is 0 Å². The molecule has 1 aromatic carbocycles. The number of benzene rings is 1. The average molecular weight is 366 g/mol. The van der Waals surface area contributed by atoms with E-state index in [9.17, 15) is 14.9 Å². The number of nitrogens with zero attached hydrogens (tertiary/aromatic N) is 4. The van der Waals surface area contributed by atoms with Crippen LogP contribution < -0.4 is 10.6 Å². The first kappa shape index (κ1) is 17.7. The Balaban J connectivity index is 1.84. The second-order valence-corrected chi connectivity index (χ2v) is 5.40. The van der Waals surface area contributed by atoms with Gasteiger partial charge in [-0.2, -0.15) is 0 Å². The molecule has 27 heavy (non-hydrogen) atoms. The molecule has 3 N–H and O–H groups in total. The normalized spacial score (nSPS) is 10.2. The van der Waals surface area contributed by atoms with Crippen LogP contribution in [0.15, 0.2) is 55.1 Å². The van der Waals surface area contributed by atoms with E-state index in [2.05, 4.69) is 25.6 Å². The summed E-state index contributed by atoms with van der Waals surface area (Å²) in [5.74, 6) is -1.01. The number of aromatic nitrogens is 3. The van der Waals surface area contributed by atoms with Crippen molar-refractivity contribution in [3.05, 3.63) is 76.4 Å². The first-order chi connectivity index (χ1) is 13.0. The summed E-state index contributed by atoms with van der Waals surface area (Å²) in [6.45, 7) is 0.304. The number of anilines is 3. The number of carbonyl (C=O) groups is 1. The van der Waals surface area contributed by atoms with Crippen LogP contribution in [-0.4, -0.2) is 31.0 Å². The van der Waals surface area contributed by atoms with Gasteiger partial charge >= 0.3 is 11.7 Å². The topological polar surface area (TPSA) is 143 Å². The maximum Gasteiger partial charge on any atom is 0.353 e. The summed E-state index contributed by atoms with van der Waals surface area (Å²) >= 11 is 0. The first-order valence-electron chi connectivity index (χ1n) is 7.77. The van der Waals surface area contributed by atoms with Gasteiger partial charge in [-0.1, -0.05) is 6.07 Å². The molecule has 136 valence electrons. The predicted octanol–water partition coefficient (Wildman–Crippen LogP) is 2.83. The number of carboxylic acids is 1. The fourth-order valence-corrected chi connectivity index (χ4v) is 2.29. The number of nitrogens with one attached hydrogen (secondary N) is 2. The largest absolute Gasteiger partial charge is 0.478 e.